The number of urea groups is 1. The normalized spacial score (nSPS) is 21.3. The van der Waals surface area contributed by atoms with Crippen molar-refractivity contribution in [1.29, 1.82) is 0 Å². The zero-order valence-electron chi connectivity index (χ0n) is 16.0. The quantitative estimate of drug-likeness (QED) is 0.666. The molecule has 150 valence electrons. The molecule has 0 radical (unpaired) electrons. The highest BCUT2D eigenvalue weighted by Gasteiger charge is 2.38. The van der Waals surface area contributed by atoms with E-state index in [1.54, 1.807) is 0 Å². The second-order valence-corrected chi connectivity index (χ2v) is 8.87. The number of nitrogens with one attached hydrogen (secondary N) is 2. The van der Waals surface area contributed by atoms with Gasteiger partial charge in [0, 0.05) is 17.0 Å². The van der Waals surface area contributed by atoms with E-state index >= 15 is 0 Å². The summed E-state index contributed by atoms with van der Waals surface area (Å²) in [6, 6.07) is 2.88. The molecule has 27 heavy (non-hydrogen) atoms. The van der Waals surface area contributed by atoms with Gasteiger partial charge in [-0.3, -0.25) is 9.69 Å². The summed E-state index contributed by atoms with van der Waals surface area (Å²) in [5, 5.41) is 7.83. The number of amides is 3. The first-order valence-corrected chi connectivity index (χ1v) is 11.1. The summed E-state index contributed by atoms with van der Waals surface area (Å²) >= 11 is 1.52. The number of likely N-dealkylation sites (tertiary alicyclic amines) is 1. The van der Waals surface area contributed by atoms with E-state index in [4.69, 9.17) is 5.73 Å². The van der Waals surface area contributed by atoms with E-state index < -0.39 is 6.03 Å². The molecule has 1 saturated heterocycles. The first-order valence-electron chi connectivity index (χ1n) is 10.2. The Labute approximate surface area is 165 Å². The van der Waals surface area contributed by atoms with E-state index in [1.165, 1.54) is 62.7 Å². The first-order chi connectivity index (χ1) is 13.1. The molecule has 6 nitrogen and oxygen atoms in total. The lowest BCUT2D eigenvalue weighted by Gasteiger charge is -2.48. The third-order valence-corrected chi connectivity index (χ3v) is 7.00. The van der Waals surface area contributed by atoms with Crippen molar-refractivity contribution in [2.45, 2.75) is 69.4 Å². The number of nitrogens with two attached hydrogens (primary N) is 1. The Hall–Kier alpha value is -1.60. The van der Waals surface area contributed by atoms with Gasteiger partial charge in [0.2, 0.25) is 5.91 Å². The second kappa shape index (κ2) is 9.55. The average molecular weight is 393 g/mol. The topological polar surface area (TPSA) is 87.5 Å². The van der Waals surface area contributed by atoms with Crippen molar-refractivity contribution in [3.63, 3.8) is 0 Å². The molecule has 1 aromatic heterocycles. The van der Waals surface area contributed by atoms with Crippen LogP contribution in [0, 0.1) is 0 Å². The SMILES string of the molecule is NC(=O)NC(CC(=O)NCC1(N2CCCCC2)CCCCC1)c1cccs1. The molecule has 1 aliphatic carbocycles. The number of primary amides is 1. The highest BCUT2D eigenvalue weighted by molar-refractivity contribution is 7.10. The van der Waals surface area contributed by atoms with Gasteiger partial charge in [0.05, 0.1) is 12.5 Å². The predicted octanol–water partition coefficient (Wildman–Crippen LogP) is 3.15. The summed E-state index contributed by atoms with van der Waals surface area (Å²) in [7, 11) is 0. The summed E-state index contributed by atoms with van der Waals surface area (Å²) < 4.78 is 0. The molecule has 1 aromatic rings. The molecular formula is C20H32N4O2S. The van der Waals surface area contributed by atoms with Crippen molar-refractivity contribution in [2.75, 3.05) is 19.6 Å². The van der Waals surface area contributed by atoms with Crippen LogP contribution in [0.1, 0.15) is 68.7 Å². The van der Waals surface area contributed by atoms with Crippen LogP contribution in [-0.4, -0.2) is 42.0 Å². The lowest BCUT2D eigenvalue weighted by molar-refractivity contribution is -0.122. The van der Waals surface area contributed by atoms with E-state index in [9.17, 15) is 9.59 Å². The molecule has 2 fully saturated rings. The summed E-state index contributed by atoms with van der Waals surface area (Å²) in [5.74, 6) is -0.0240. The van der Waals surface area contributed by atoms with Gasteiger partial charge in [0.25, 0.3) is 0 Å². The predicted molar refractivity (Wildman–Crippen MR) is 109 cm³/mol. The van der Waals surface area contributed by atoms with Crippen LogP contribution in [0.4, 0.5) is 4.79 Å². The number of thiophene rings is 1. The number of carbonyl (C=O) groups is 2. The van der Waals surface area contributed by atoms with Gasteiger partial charge in [-0.15, -0.1) is 11.3 Å². The molecule has 1 unspecified atom stereocenters. The van der Waals surface area contributed by atoms with Crippen molar-refractivity contribution in [2.24, 2.45) is 5.73 Å². The van der Waals surface area contributed by atoms with E-state index in [0.717, 1.165) is 18.0 Å². The van der Waals surface area contributed by atoms with E-state index in [2.05, 4.69) is 15.5 Å². The van der Waals surface area contributed by atoms with Crippen LogP contribution in [0.15, 0.2) is 17.5 Å². The van der Waals surface area contributed by atoms with Crippen LogP contribution in [-0.2, 0) is 4.79 Å². The fourth-order valence-electron chi connectivity index (χ4n) is 4.59. The maximum atomic E-state index is 12.7. The fraction of sp³-hybridized carbons (Fsp3) is 0.700. The van der Waals surface area contributed by atoms with Gasteiger partial charge in [0.1, 0.15) is 0 Å². The molecule has 3 rings (SSSR count). The van der Waals surface area contributed by atoms with Gasteiger partial charge in [0.15, 0.2) is 0 Å². The number of rotatable bonds is 7. The molecule has 7 heteroatoms. The Balaban J connectivity index is 1.60. The molecule has 2 heterocycles. The van der Waals surface area contributed by atoms with Crippen molar-refractivity contribution in [3.8, 4) is 0 Å². The number of hydrogen-bond donors (Lipinski definition) is 3. The summed E-state index contributed by atoms with van der Waals surface area (Å²) in [6.07, 6.45) is 10.2. The van der Waals surface area contributed by atoms with Crippen molar-refractivity contribution >= 4 is 23.3 Å². The Kier molecular flexibility index (Phi) is 7.13. The number of nitrogens with zero attached hydrogens (tertiary/aromatic N) is 1. The monoisotopic (exact) mass is 392 g/mol. The third-order valence-electron chi connectivity index (χ3n) is 6.02. The Bertz CT molecular complexity index is 608. The van der Waals surface area contributed by atoms with Crippen LogP contribution in [0.2, 0.25) is 0 Å². The average Bonchev–Trinajstić information content (AvgIpc) is 3.22. The molecule has 4 N–H and O–H groups in total. The van der Waals surface area contributed by atoms with Crippen LogP contribution in [0.3, 0.4) is 0 Å². The van der Waals surface area contributed by atoms with Crippen LogP contribution in [0.5, 0.6) is 0 Å². The zero-order valence-corrected chi connectivity index (χ0v) is 16.9. The van der Waals surface area contributed by atoms with Gasteiger partial charge in [-0.05, 0) is 50.2 Å². The van der Waals surface area contributed by atoms with Crippen molar-refractivity contribution in [3.05, 3.63) is 22.4 Å². The van der Waals surface area contributed by atoms with Gasteiger partial charge in [-0.25, -0.2) is 4.79 Å². The van der Waals surface area contributed by atoms with Crippen molar-refractivity contribution < 1.29 is 9.59 Å². The minimum atomic E-state index is -0.599. The van der Waals surface area contributed by atoms with E-state index in [0.29, 0.717) is 6.54 Å². The summed E-state index contributed by atoms with van der Waals surface area (Å²) in [5.41, 5.74) is 5.42. The highest BCUT2D eigenvalue weighted by Crippen LogP contribution is 2.35. The maximum Gasteiger partial charge on any atom is 0.312 e. The summed E-state index contributed by atoms with van der Waals surface area (Å²) in [6.45, 7) is 3.01. The third kappa shape index (κ3) is 5.45. The molecule has 1 saturated carbocycles. The van der Waals surface area contributed by atoms with Crippen molar-refractivity contribution in [1.82, 2.24) is 15.5 Å². The van der Waals surface area contributed by atoms with Gasteiger partial charge in [-0.2, -0.15) is 0 Å². The van der Waals surface area contributed by atoms with Crippen LogP contribution >= 0.6 is 11.3 Å². The second-order valence-electron chi connectivity index (χ2n) is 7.89. The molecule has 0 aromatic carbocycles. The lowest BCUT2D eigenvalue weighted by atomic mass is 9.79. The minimum absolute atomic E-state index is 0.0240. The Morgan fingerprint density at radius 1 is 1.15 bits per heavy atom. The summed E-state index contributed by atoms with van der Waals surface area (Å²) in [4.78, 5) is 27.6. The molecule has 0 spiro atoms. The molecule has 2 aliphatic rings. The fourth-order valence-corrected chi connectivity index (χ4v) is 5.37. The largest absolute Gasteiger partial charge is 0.354 e. The van der Waals surface area contributed by atoms with Crippen LogP contribution in [0.25, 0.3) is 0 Å². The zero-order chi connectivity index (χ0) is 19.1. The van der Waals surface area contributed by atoms with Gasteiger partial charge >= 0.3 is 6.03 Å². The lowest BCUT2D eigenvalue weighted by Crippen LogP contribution is -2.58. The standard InChI is InChI=1S/C20H32N4O2S/c21-19(26)23-16(17-8-7-13-27-17)14-18(25)22-15-20(9-3-1-4-10-20)24-11-5-2-6-12-24/h7-8,13,16H,1-6,9-12,14-15H2,(H,22,25)(H3,21,23,26). The minimum Gasteiger partial charge on any atom is -0.354 e. The Morgan fingerprint density at radius 3 is 2.48 bits per heavy atom. The molecule has 0 bridgehead atoms. The smallest absolute Gasteiger partial charge is 0.312 e. The number of piperidine rings is 1. The van der Waals surface area contributed by atoms with E-state index in [1.807, 2.05) is 17.5 Å². The van der Waals surface area contributed by atoms with E-state index in [-0.39, 0.29) is 23.9 Å². The first kappa shape index (κ1) is 20.1. The van der Waals surface area contributed by atoms with Crippen LogP contribution < -0.4 is 16.4 Å². The molecule has 1 atom stereocenters. The maximum absolute atomic E-state index is 12.7. The highest BCUT2D eigenvalue weighted by atomic mass is 32.1. The van der Waals surface area contributed by atoms with Gasteiger partial charge in [-0.1, -0.05) is 31.7 Å². The van der Waals surface area contributed by atoms with Gasteiger partial charge < -0.3 is 16.4 Å². The molecule has 1 aliphatic heterocycles. The number of carbonyl (C=O) groups excluding carboxylic acids is 2. The Morgan fingerprint density at radius 2 is 1.85 bits per heavy atom. The number of hydrogen-bond acceptors (Lipinski definition) is 4. The molecule has 3 amide bonds. The molecular weight excluding hydrogens is 360 g/mol.